The van der Waals surface area contributed by atoms with Crippen LogP contribution in [0.25, 0.3) is 6.08 Å². The SMILES string of the molecule is C=CCN1C(=O)/C(=C/c2cc(C)c(OCc3ccccn3)c(C)c2)SC1=S. The topological polar surface area (TPSA) is 42.4 Å². The molecule has 0 radical (unpaired) electrons. The standard InChI is InChI=1S/C21H20N2O2S2/c1-4-9-23-20(24)18(27-21(23)26)12-16-10-14(2)19(15(3)11-16)25-13-17-7-5-6-8-22-17/h4-8,10-12H,1,9,13H2,2-3H3/b18-12-. The number of carbonyl (C=O) groups is 1. The predicted octanol–water partition coefficient (Wildman–Crippen LogP) is 4.66. The fourth-order valence-corrected chi connectivity index (χ4v) is 4.14. The Kier molecular flexibility index (Phi) is 6.08. The van der Waals surface area contributed by atoms with Crippen molar-refractivity contribution >= 4 is 40.3 Å². The first-order chi connectivity index (χ1) is 13.0. The second-order valence-electron chi connectivity index (χ2n) is 6.17. The molecule has 6 heteroatoms. The molecule has 1 fully saturated rings. The van der Waals surface area contributed by atoms with Gasteiger partial charge in [0, 0.05) is 12.7 Å². The van der Waals surface area contributed by atoms with Crippen LogP contribution in [0.4, 0.5) is 0 Å². The highest BCUT2D eigenvalue weighted by atomic mass is 32.2. The Bertz CT molecular complexity index is 900. The summed E-state index contributed by atoms with van der Waals surface area (Å²) in [6, 6.07) is 9.79. The zero-order valence-corrected chi connectivity index (χ0v) is 16.9. The lowest BCUT2D eigenvalue weighted by Gasteiger charge is -2.13. The van der Waals surface area contributed by atoms with Gasteiger partial charge in [0.1, 0.15) is 16.7 Å². The highest BCUT2D eigenvalue weighted by molar-refractivity contribution is 8.26. The molecule has 1 amide bonds. The molecule has 0 bridgehead atoms. The monoisotopic (exact) mass is 396 g/mol. The lowest BCUT2D eigenvalue weighted by molar-refractivity contribution is -0.121. The van der Waals surface area contributed by atoms with Crippen LogP contribution < -0.4 is 4.74 Å². The lowest BCUT2D eigenvalue weighted by atomic mass is 10.1. The molecule has 0 spiro atoms. The van der Waals surface area contributed by atoms with Gasteiger partial charge >= 0.3 is 0 Å². The van der Waals surface area contributed by atoms with Crippen LogP contribution in [-0.4, -0.2) is 26.7 Å². The molecular weight excluding hydrogens is 376 g/mol. The van der Waals surface area contributed by atoms with E-state index in [0.717, 1.165) is 28.1 Å². The van der Waals surface area contributed by atoms with Crippen LogP contribution in [0.1, 0.15) is 22.4 Å². The summed E-state index contributed by atoms with van der Waals surface area (Å²) in [5.41, 5.74) is 3.86. The first kappa shape index (κ1) is 19.3. The molecule has 0 atom stereocenters. The number of benzene rings is 1. The maximum Gasteiger partial charge on any atom is 0.266 e. The van der Waals surface area contributed by atoms with E-state index in [2.05, 4.69) is 11.6 Å². The molecule has 2 aromatic rings. The molecule has 0 saturated carbocycles. The number of hydrogen-bond donors (Lipinski definition) is 0. The van der Waals surface area contributed by atoms with E-state index in [4.69, 9.17) is 17.0 Å². The van der Waals surface area contributed by atoms with Crippen molar-refractivity contribution in [2.45, 2.75) is 20.5 Å². The highest BCUT2D eigenvalue weighted by Gasteiger charge is 2.31. The minimum absolute atomic E-state index is 0.0734. The van der Waals surface area contributed by atoms with Crippen LogP contribution >= 0.6 is 24.0 Å². The van der Waals surface area contributed by atoms with E-state index in [-0.39, 0.29) is 5.91 Å². The van der Waals surface area contributed by atoms with Crippen molar-refractivity contribution in [3.8, 4) is 5.75 Å². The Morgan fingerprint density at radius 3 is 2.67 bits per heavy atom. The van der Waals surface area contributed by atoms with Gasteiger partial charge in [-0.3, -0.25) is 14.7 Å². The van der Waals surface area contributed by atoms with Crippen LogP contribution in [0.2, 0.25) is 0 Å². The quantitative estimate of drug-likeness (QED) is 0.403. The Balaban J connectivity index is 1.79. The van der Waals surface area contributed by atoms with E-state index >= 15 is 0 Å². The first-order valence-electron chi connectivity index (χ1n) is 8.50. The second kappa shape index (κ2) is 8.50. The minimum Gasteiger partial charge on any atom is -0.487 e. The van der Waals surface area contributed by atoms with Crippen LogP contribution in [0.3, 0.4) is 0 Å². The molecular formula is C21H20N2O2S2. The van der Waals surface area contributed by atoms with Crippen LogP contribution in [-0.2, 0) is 11.4 Å². The normalized spacial score (nSPS) is 15.5. The van der Waals surface area contributed by atoms with Gasteiger partial charge in [-0.05, 0) is 60.9 Å². The van der Waals surface area contributed by atoms with E-state index < -0.39 is 0 Å². The van der Waals surface area contributed by atoms with E-state index in [1.165, 1.54) is 11.8 Å². The van der Waals surface area contributed by atoms with E-state index in [9.17, 15) is 4.79 Å². The minimum atomic E-state index is -0.0734. The number of carbonyl (C=O) groups excluding carboxylic acids is 1. The number of aromatic nitrogens is 1. The molecule has 3 rings (SSSR count). The molecule has 2 heterocycles. The average molecular weight is 397 g/mol. The number of rotatable bonds is 6. The third-order valence-electron chi connectivity index (χ3n) is 4.06. The van der Waals surface area contributed by atoms with E-state index in [1.54, 1.807) is 17.2 Å². The summed E-state index contributed by atoms with van der Waals surface area (Å²) in [6.45, 7) is 8.53. The maximum absolute atomic E-state index is 12.5. The summed E-state index contributed by atoms with van der Waals surface area (Å²) in [4.78, 5) is 18.9. The van der Waals surface area contributed by atoms with Gasteiger partial charge in [0.05, 0.1) is 10.6 Å². The number of amides is 1. The second-order valence-corrected chi connectivity index (χ2v) is 7.85. The molecule has 138 valence electrons. The summed E-state index contributed by atoms with van der Waals surface area (Å²) in [7, 11) is 0. The lowest BCUT2D eigenvalue weighted by Crippen LogP contribution is -2.27. The summed E-state index contributed by atoms with van der Waals surface area (Å²) in [5, 5.41) is 0. The van der Waals surface area contributed by atoms with Crippen molar-refractivity contribution in [2.75, 3.05) is 6.54 Å². The van der Waals surface area contributed by atoms with Crippen molar-refractivity contribution in [2.24, 2.45) is 0 Å². The molecule has 27 heavy (non-hydrogen) atoms. The van der Waals surface area contributed by atoms with Crippen molar-refractivity contribution in [1.29, 1.82) is 0 Å². The van der Waals surface area contributed by atoms with Crippen molar-refractivity contribution < 1.29 is 9.53 Å². The maximum atomic E-state index is 12.5. The molecule has 0 unspecified atom stereocenters. The fourth-order valence-electron chi connectivity index (χ4n) is 2.86. The molecule has 4 nitrogen and oxygen atoms in total. The molecule has 1 aromatic heterocycles. The van der Waals surface area contributed by atoms with Gasteiger partial charge in [-0.25, -0.2) is 0 Å². The van der Waals surface area contributed by atoms with Gasteiger partial charge < -0.3 is 4.74 Å². The number of pyridine rings is 1. The van der Waals surface area contributed by atoms with Gasteiger partial charge in [0.25, 0.3) is 5.91 Å². The highest BCUT2D eigenvalue weighted by Crippen LogP contribution is 2.34. The summed E-state index contributed by atoms with van der Waals surface area (Å²) in [6.07, 6.45) is 5.31. The summed E-state index contributed by atoms with van der Waals surface area (Å²) in [5.74, 6) is 0.771. The number of ether oxygens (including phenoxy) is 1. The third kappa shape index (κ3) is 4.46. The van der Waals surface area contributed by atoms with Crippen LogP contribution in [0.5, 0.6) is 5.75 Å². The van der Waals surface area contributed by atoms with Gasteiger partial charge in [-0.1, -0.05) is 36.1 Å². The smallest absolute Gasteiger partial charge is 0.266 e. The molecule has 1 saturated heterocycles. The van der Waals surface area contributed by atoms with Crippen molar-refractivity contribution in [1.82, 2.24) is 9.88 Å². The average Bonchev–Trinajstić information content (AvgIpc) is 2.90. The zero-order chi connectivity index (χ0) is 19.4. The number of thioether (sulfide) groups is 1. The van der Waals surface area contributed by atoms with E-state index in [1.807, 2.05) is 50.3 Å². The van der Waals surface area contributed by atoms with Gasteiger partial charge in [-0.15, -0.1) is 6.58 Å². The largest absolute Gasteiger partial charge is 0.487 e. The van der Waals surface area contributed by atoms with Gasteiger partial charge in [-0.2, -0.15) is 0 Å². The number of hydrogen-bond acceptors (Lipinski definition) is 5. The Morgan fingerprint density at radius 2 is 2.04 bits per heavy atom. The Labute approximate surface area is 168 Å². The fraction of sp³-hybridized carbons (Fsp3) is 0.190. The molecule has 1 aliphatic rings. The summed E-state index contributed by atoms with van der Waals surface area (Å²) >= 11 is 6.60. The van der Waals surface area contributed by atoms with Crippen LogP contribution in [0, 0.1) is 13.8 Å². The van der Waals surface area contributed by atoms with Crippen molar-refractivity contribution in [3.05, 3.63) is 76.5 Å². The molecule has 0 N–H and O–H groups in total. The van der Waals surface area contributed by atoms with Crippen LogP contribution in [0.15, 0.2) is 54.1 Å². The number of nitrogens with zero attached hydrogens (tertiary/aromatic N) is 2. The zero-order valence-electron chi connectivity index (χ0n) is 15.3. The summed E-state index contributed by atoms with van der Waals surface area (Å²) < 4.78 is 6.54. The van der Waals surface area contributed by atoms with E-state index in [0.29, 0.717) is 22.4 Å². The molecule has 1 aliphatic heterocycles. The third-order valence-corrected chi connectivity index (χ3v) is 5.43. The molecule has 1 aromatic carbocycles. The first-order valence-corrected chi connectivity index (χ1v) is 9.72. The molecule has 0 aliphatic carbocycles. The number of aryl methyl sites for hydroxylation is 2. The number of thiocarbonyl (C=S) groups is 1. The van der Waals surface area contributed by atoms with Gasteiger partial charge in [0.15, 0.2) is 0 Å². The predicted molar refractivity (Wildman–Crippen MR) is 115 cm³/mol. The van der Waals surface area contributed by atoms with Gasteiger partial charge in [0.2, 0.25) is 0 Å². The Hall–Kier alpha value is -2.44. The Morgan fingerprint density at radius 1 is 1.30 bits per heavy atom. The van der Waals surface area contributed by atoms with Crippen molar-refractivity contribution in [3.63, 3.8) is 0 Å².